The SMILES string of the molecule is CCCCCC[C@@H]1CC[C@H](CCCCCCCC(=O)OC)N1. The zero-order valence-corrected chi connectivity index (χ0v) is 14.9. The van der Waals surface area contributed by atoms with Crippen LogP contribution in [0.1, 0.15) is 96.8 Å². The predicted molar refractivity (Wildman–Crippen MR) is 93.0 cm³/mol. The average molecular weight is 312 g/mol. The lowest BCUT2D eigenvalue weighted by Gasteiger charge is -2.14. The van der Waals surface area contributed by atoms with Crippen LogP contribution in [0.5, 0.6) is 0 Å². The second-order valence-corrected chi connectivity index (χ2v) is 6.87. The number of ether oxygens (including phenoxy) is 1. The molecule has 0 aromatic carbocycles. The van der Waals surface area contributed by atoms with Gasteiger partial charge in [-0.05, 0) is 32.1 Å². The Morgan fingerprint density at radius 2 is 1.45 bits per heavy atom. The van der Waals surface area contributed by atoms with Gasteiger partial charge >= 0.3 is 5.97 Å². The van der Waals surface area contributed by atoms with Crippen molar-refractivity contribution in [1.29, 1.82) is 0 Å². The number of hydrogen-bond donors (Lipinski definition) is 1. The molecule has 3 heteroatoms. The molecule has 22 heavy (non-hydrogen) atoms. The Balaban J connectivity index is 1.88. The van der Waals surface area contributed by atoms with E-state index >= 15 is 0 Å². The van der Waals surface area contributed by atoms with E-state index in [4.69, 9.17) is 0 Å². The molecule has 1 heterocycles. The van der Waals surface area contributed by atoms with Crippen LogP contribution in [0.2, 0.25) is 0 Å². The summed E-state index contributed by atoms with van der Waals surface area (Å²) in [6, 6.07) is 1.56. The van der Waals surface area contributed by atoms with E-state index in [2.05, 4.69) is 17.0 Å². The van der Waals surface area contributed by atoms with Gasteiger partial charge in [-0.25, -0.2) is 0 Å². The van der Waals surface area contributed by atoms with Crippen molar-refractivity contribution in [2.75, 3.05) is 7.11 Å². The highest BCUT2D eigenvalue weighted by molar-refractivity contribution is 5.68. The second-order valence-electron chi connectivity index (χ2n) is 6.87. The third kappa shape index (κ3) is 9.45. The Hall–Kier alpha value is -0.570. The van der Waals surface area contributed by atoms with E-state index in [0.717, 1.165) is 24.9 Å². The maximum Gasteiger partial charge on any atom is 0.305 e. The van der Waals surface area contributed by atoms with Gasteiger partial charge in [-0.15, -0.1) is 0 Å². The molecule has 0 bridgehead atoms. The molecule has 1 aliphatic heterocycles. The average Bonchev–Trinajstić information content (AvgIpc) is 2.98. The fourth-order valence-corrected chi connectivity index (χ4v) is 3.47. The molecule has 3 nitrogen and oxygen atoms in total. The minimum absolute atomic E-state index is 0.0693. The third-order valence-electron chi connectivity index (χ3n) is 4.90. The van der Waals surface area contributed by atoms with E-state index in [1.165, 1.54) is 77.7 Å². The molecule has 1 rings (SSSR count). The smallest absolute Gasteiger partial charge is 0.305 e. The van der Waals surface area contributed by atoms with Gasteiger partial charge in [0.2, 0.25) is 0 Å². The topological polar surface area (TPSA) is 38.3 Å². The lowest BCUT2D eigenvalue weighted by atomic mass is 10.0. The molecule has 130 valence electrons. The van der Waals surface area contributed by atoms with Crippen LogP contribution in [0.4, 0.5) is 0 Å². The van der Waals surface area contributed by atoms with Gasteiger partial charge in [-0.2, -0.15) is 0 Å². The Morgan fingerprint density at radius 1 is 0.909 bits per heavy atom. The molecule has 1 fully saturated rings. The molecule has 0 aliphatic carbocycles. The monoisotopic (exact) mass is 311 g/mol. The van der Waals surface area contributed by atoms with Crippen LogP contribution in [0.15, 0.2) is 0 Å². The van der Waals surface area contributed by atoms with Crippen molar-refractivity contribution < 1.29 is 9.53 Å². The maximum atomic E-state index is 11.0. The van der Waals surface area contributed by atoms with Crippen LogP contribution in [-0.2, 0) is 9.53 Å². The summed E-state index contributed by atoms with van der Waals surface area (Å²) in [5.74, 6) is -0.0693. The van der Waals surface area contributed by atoms with Crippen molar-refractivity contribution >= 4 is 5.97 Å². The molecule has 0 aromatic heterocycles. The van der Waals surface area contributed by atoms with Crippen LogP contribution >= 0.6 is 0 Å². The van der Waals surface area contributed by atoms with Crippen LogP contribution in [-0.4, -0.2) is 25.2 Å². The van der Waals surface area contributed by atoms with E-state index < -0.39 is 0 Å². The maximum absolute atomic E-state index is 11.0. The summed E-state index contributed by atoms with van der Waals surface area (Å²) in [4.78, 5) is 11.0. The minimum atomic E-state index is -0.0693. The molecule has 0 aromatic rings. The third-order valence-corrected chi connectivity index (χ3v) is 4.90. The fourth-order valence-electron chi connectivity index (χ4n) is 3.47. The Kier molecular flexibility index (Phi) is 11.4. The van der Waals surface area contributed by atoms with Gasteiger partial charge in [0.25, 0.3) is 0 Å². The normalized spacial score (nSPS) is 21.2. The molecule has 0 radical (unpaired) electrons. The number of carbonyl (C=O) groups is 1. The fraction of sp³-hybridized carbons (Fsp3) is 0.947. The molecule has 0 amide bonds. The quantitative estimate of drug-likeness (QED) is 0.385. The van der Waals surface area contributed by atoms with Crippen LogP contribution < -0.4 is 5.32 Å². The van der Waals surface area contributed by atoms with E-state index in [-0.39, 0.29) is 5.97 Å². The van der Waals surface area contributed by atoms with Crippen molar-refractivity contribution in [1.82, 2.24) is 5.32 Å². The number of rotatable bonds is 13. The van der Waals surface area contributed by atoms with Crippen LogP contribution in [0, 0.1) is 0 Å². The van der Waals surface area contributed by atoms with Crippen molar-refractivity contribution in [3.8, 4) is 0 Å². The minimum Gasteiger partial charge on any atom is -0.469 e. The number of unbranched alkanes of at least 4 members (excludes halogenated alkanes) is 7. The highest BCUT2D eigenvalue weighted by Crippen LogP contribution is 2.21. The largest absolute Gasteiger partial charge is 0.469 e. The van der Waals surface area contributed by atoms with Crippen molar-refractivity contribution in [3.05, 3.63) is 0 Å². The Morgan fingerprint density at radius 3 is 2.05 bits per heavy atom. The van der Waals surface area contributed by atoms with Gasteiger partial charge in [-0.1, -0.05) is 58.3 Å². The van der Waals surface area contributed by atoms with Crippen molar-refractivity contribution in [3.63, 3.8) is 0 Å². The zero-order chi connectivity index (χ0) is 16.0. The molecule has 1 N–H and O–H groups in total. The highest BCUT2D eigenvalue weighted by Gasteiger charge is 2.22. The van der Waals surface area contributed by atoms with E-state index in [1.807, 2.05) is 0 Å². The summed E-state index contributed by atoms with van der Waals surface area (Å²) in [6.45, 7) is 2.28. The molecule has 2 atom stereocenters. The first-order valence-electron chi connectivity index (χ1n) is 9.59. The number of hydrogen-bond acceptors (Lipinski definition) is 3. The lowest BCUT2D eigenvalue weighted by Crippen LogP contribution is -2.29. The second kappa shape index (κ2) is 12.9. The summed E-state index contributed by atoms with van der Waals surface area (Å²) < 4.78 is 4.65. The van der Waals surface area contributed by atoms with Gasteiger partial charge in [0.15, 0.2) is 0 Å². The first-order valence-corrected chi connectivity index (χ1v) is 9.59. The molecule has 0 spiro atoms. The summed E-state index contributed by atoms with van der Waals surface area (Å²) in [6.07, 6.45) is 17.6. The molecule has 0 saturated carbocycles. The predicted octanol–water partition coefficient (Wildman–Crippen LogP) is 4.98. The van der Waals surface area contributed by atoms with Gasteiger partial charge in [-0.3, -0.25) is 4.79 Å². The van der Waals surface area contributed by atoms with Crippen LogP contribution in [0.3, 0.4) is 0 Å². The molecule has 1 aliphatic rings. The van der Waals surface area contributed by atoms with E-state index in [9.17, 15) is 4.79 Å². The summed E-state index contributed by atoms with van der Waals surface area (Å²) in [5, 5.41) is 3.83. The van der Waals surface area contributed by atoms with Crippen molar-refractivity contribution in [2.24, 2.45) is 0 Å². The summed E-state index contributed by atoms with van der Waals surface area (Å²) in [5.41, 5.74) is 0. The van der Waals surface area contributed by atoms with E-state index in [0.29, 0.717) is 6.42 Å². The van der Waals surface area contributed by atoms with Gasteiger partial charge in [0.05, 0.1) is 7.11 Å². The van der Waals surface area contributed by atoms with Gasteiger partial charge in [0, 0.05) is 18.5 Å². The zero-order valence-electron chi connectivity index (χ0n) is 14.9. The summed E-state index contributed by atoms with van der Waals surface area (Å²) >= 11 is 0. The highest BCUT2D eigenvalue weighted by atomic mass is 16.5. The molecule has 0 unspecified atom stereocenters. The Bertz CT molecular complexity index is 281. The van der Waals surface area contributed by atoms with Gasteiger partial charge in [0.1, 0.15) is 0 Å². The number of methoxy groups -OCH3 is 1. The van der Waals surface area contributed by atoms with Gasteiger partial charge < -0.3 is 10.1 Å². The number of esters is 1. The lowest BCUT2D eigenvalue weighted by molar-refractivity contribution is -0.140. The first kappa shape index (κ1) is 19.5. The molecule has 1 saturated heterocycles. The molecular weight excluding hydrogens is 274 g/mol. The van der Waals surface area contributed by atoms with Crippen molar-refractivity contribution in [2.45, 2.75) is 109 Å². The van der Waals surface area contributed by atoms with E-state index in [1.54, 1.807) is 0 Å². The first-order chi connectivity index (χ1) is 10.8. The standard InChI is InChI=1S/C19H37NO2/c1-3-4-5-9-12-17-15-16-18(20-17)13-10-7-6-8-11-14-19(21)22-2/h17-18,20H,3-16H2,1-2H3/t17-,18+/m1/s1. The molecular formula is C19H37NO2. The summed E-state index contributed by atoms with van der Waals surface area (Å²) in [7, 11) is 1.47. The Labute approximate surface area is 137 Å². The number of carbonyl (C=O) groups excluding carboxylic acids is 1. The van der Waals surface area contributed by atoms with Crippen LogP contribution in [0.25, 0.3) is 0 Å². The number of nitrogens with one attached hydrogen (secondary N) is 1.